The Hall–Kier alpha value is -3.81. The first-order chi connectivity index (χ1) is 20.9. The summed E-state index contributed by atoms with van der Waals surface area (Å²) in [5.74, 6) is -0.475. The van der Waals surface area contributed by atoms with Gasteiger partial charge in [-0.1, -0.05) is 35.3 Å². The number of benzene rings is 2. The van der Waals surface area contributed by atoms with E-state index in [0.29, 0.717) is 45.0 Å². The third-order valence-electron chi connectivity index (χ3n) is 6.86. The van der Waals surface area contributed by atoms with E-state index in [0.717, 1.165) is 31.5 Å². The number of hydrogen-bond donors (Lipinski definition) is 1. The Morgan fingerprint density at radius 3 is 2.52 bits per heavy atom. The van der Waals surface area contributed by atoms with Crippen LogP contribution in [0.25, 0.3) is 10.9 Å². The molecule has 0 unspecified atom stereocenters. The van der Waals surface area contributed by atoms with Crippen molar-refractivity contribution in [1.82, 2.24) is 4.57 Å². The molecular weight excluding hydrogens is 643 g/mol. The van der Waals surface area contributed by atoms with Gasteiger partial charge in [-0.3, -0.25) is 9.52 Å². The molecule has 0 bridgehead atoms. The van der Waals surface area contributed by atoms with Crippen LogP contribution in [0.3, 0.4) is 0 Å². The van der Waals surface area contributed by atoms with Crippen molar-refractivity contribution in [2.45, 2.75) is 38.5 Å². The van der Waals surface area contributed by atoms with E-state index in [1.807, 2.05) is 0 Å². The van der Waals surface area contributed by atoms with Gasteiger partial charge in [0.2, 0.25) is 10.0 Å². The van der Waals surface area contributed by atoms with Crippen LogP contribution in [0.4, 0.5) is 14.5 Å². The van der Waals surface area contributed by atoms with Gasteiger partial charge < -0.3 is 24.0 Å². The van der Waals surface area contributed by atoms with Gasteiger partial charge in [0.25, 0.3) is 0 Å². The number of rotatable bonds is 13. The number of nitrogens with zero attached hydrogens (tertiary/aromatic N) is 2. The zero-order valence-corrected chi connectivity index (χ0v) is 25.5. The summed E-state index contributed by atoms with van der Waals surface area (Å²) in [6.45, 7) is -3.02. The Bertz CT molecular complexity index is 1780. The summed E-state index contributed by atoms with van der Waals surface area (Å²) in [5.41, 5.74) is 1.64. The van der Waals surface area contributed by atoms with Crippen LogP contribution in [0.5, 0.6) is 11.5 Å². The summed E-state index contributed by atoms with van der Waals surface area (Å²) in [5, 5.41) is 12.5. The molecule has 4 aromatic rings. The smallest absolute Gasteiger partial charge is 0.387 e. The lowest BCUT2D eigenvalue weighted by atomic mass is 10.0. The number of anilines is 1. The molecular formula is C29H27Cl2F2N3O7S. The van der Waals surface area contributed by atoms with Crippen molar-refractivity contribution in [2.75, 3.05) is 17.6 Å². The maximum Gasteiger partial charge on any atom is 0.387 e. The highest BCUT2D eigenvalue weighted by Gasteiger charge is 2.26. The van der Waals surface area contributed by atoms with Crippen LogP contribution in [0, 0.1) is 11.1 Å². The molecule has 44 heavy (non-hydrogen) atoms. The summed E-state index contributed by atoms with van der Waals surface area (Å²) < 4.78 is 70.6. The van der Waals surface area contributed by atoms with Crippen LogP contribution in [0.1, 0.15) is 30.1 Å². The molecule has 15 heteroatoms. The number of carbonyl (C=O) groups is 1. The summed E-state index contributed by atoms with van der Waals surface area (Å²) >= 11 is 12.6. The molecule has 1 aliphatic carbocycles. The van der Waals surface area contributed by atoms with Gasteiger partial charge in [-0.05, 0) is 54.7 Å². The Morgan fingerprint density at radius 2 is 1.86 bits per heavy atom. The number of halogens is 4. The summed E-state index contributed by atoms with van der Waals surface area (Å²) in [6, 6.07) is 10.9. The van der Waals surface area contributed by atoms with Crippen molar-refractivity contribution in [3.8, 4) is 11.5 Å². The standard InChI is InChI=1S/C29H27Cl2F2N3O7S/c1-44(39,40)34-23-3-2-4-24-19(23)9-10-35(24)15-28(37)42-26(12-20-21(30)13-36(38)14-22(20)31)18-7-8-25(43-29(32)33)27(11-18)41-16-17-5-6-17/h2-4,7-11,13-14,17,26,29,34H,5-6,12,15-16H2,1H3/t26-/m0/s1. The number of carbonyl (C=O) groups excluding carboxylic acids is 1. The van der Waals surface area contributed by atoms with Gasteiger partial charge in [0.15, 0.2) is 23.9 Å². The van der Waals surface area contributed by atoms with Gasteiger partial charge in [0.1, 0.15) is 22.7 Å². The van der Waals surface area contributed by atoms with E-state index in [4.69, 9.17) is 32.7 Å². The number of pyridine rings is 1. The van der Waals surface area contributed by atoms with Crippen LogP contribution in [-0.2, 0) is 32.5 Å². The molecule has 0 spiro atoms. The van der Waals surface area contributed by atoms with E-state index in [9.17, 15) is 27.2 Å². The van der Waals surface area contributed by atoms with Crippen LogP contribution in [-0.4, -0.2) is 38.4 Å². The Balaban J connectivity index is 1.45. The second-order valence-electron chi connectivity index (χ2n) is 10.4. The third kappa shape index (κ3) is 8.01. The van der Waals surface area contributed by atoms with Gasteiger partial charge in [0.05, 0.1) is 24.1 Å². The van der Waals surface area contributed by atoms with Crippen molar-refractivity contribution in [1.29, 1.82) is 0 Å². The first-order valence-corrected chi connectivity index (χ1v) is 16.0. The van der Waals surface area contributed by atoms with Crippen molar-refractivity contribution in [3.05, 3.63) is 87.4 Å². The molecule has 0 amide bonds. The molecule has 0 aliphatic heterocycles. The number of alkyl halides is 2. The van der Waals surface area contributed by atoms with Crippen LogP contribution < -0.4 is 18.9 Å². The van der Waals surface area contributed by atoms with Gasteiger partial charge >= 0.3 is 12.6 Å². The average molecular weight is 671 g/mol. The van der Waals surface area contributed by atoms with Gasteiger partial charge in [-0.2, -0.15) is 13.5 Å². The first kappa shape index (κ1) is 31.6. The first-order valence-electron chi connectivity index (χ1n) is 13.4. The Morgan fingerprint density at radius 1 is 1.14 bits per heavy atom. The molecule has 0 saturated heterocycles. The maximum atomic E-state index is 13.4. The minimum atomic E-state index is -3.54. The van der Waals surface area contributed by atoms with E-state index in [1.165, 1.54) is 18.2 Å². The molecule has 2 heterocycles. The molecule has 1 aliphatic rings. The molecule has 2 aromatic carbocycles. The lowest BCUT2D eigenvalue weighted by Crippen LogP contribution is -2.26. The number of sulfonamides is 1. The molecule has 1 N–H and O–H groups in total. The minimum absolute atomic E-state index is 0.0405. The van der Waals surface area contributed by atoms with Gasteiger partial charge in [-0.15, -0.1) is 0 Å². The SMILES string of the molecule is CS(=O)(=O)Nc1cccc2c1ccn2CC(=O)O[C@@H](Cc1c(Cl)c[n+]([O-])cc1Cl)c1ccc(OC(F)F)c(OCC2CC2)c1. The summed E-state index contributed by atoms with van der Waals surface area (Å²) in [4.78, 5) is 13.4. The van der Waals surface area contributed by atoms with Crippen LogP contribution in [0.15, 0.2) is 61.1 Å². The number of ether oxygens (including phenoxy) is 3. The van der Waals surface area contributed by atoms with Crippen molar-refractivity contribution in [3.63, 3.8) is 0 Å². The lowest BCUT2D eigenvalue weighted by Gasteiger charge is -2.22. The number of hydrogen-bond acceptors (Lipinski definition) is 7. The molecule has 234 valence electrons. The second-order valence-corrected chi connectivity index (χ2v) is 12.9. The van der Waals surface area contributed by atoms with Crippen LogP contribution in [0.2, 0.25) is 10.0 Å². The Labute approximate surface area is 261 Å². The summed E-state index contributed by atoms with van der Waals surface area (Å²) in [7, 11) is -3.54. The highest BCUT2D eigenvalue weighted by Crippen LogP contribution is 2.38. The number of aromatic nitrogens is 2. The average Bonchev–Trinajstić information content (AvgIpc) is 3.67. The largest absolute Gasteiger partial charge is 0.619 e. The van der Waals surface area contributed by atoms with Gasteiger partial charge in [-0.25, -0.2) is 8.42 Å². The molecule has 1 atom stereocenters. The number of fused-ring (bicyclic) bond motifs is 1. The topological polar surface area (TPSA) is 123 Å². The molecule has 2 aromatic heterocycles. The molecule has 1 saturated carbocycles. The fraction of sp³-hybridized carbons (Fsp3) is 0.310. The van der Waals surface area contributed by atoms with E-state index in [-0.39, 0.29) is 34.5 Å². The maximum absolute atomic E-state index is 13.4. The quantitative estimate of drug-likeness (QED) is 0.107. The summed E-state index contributed by atoms with van der Waals surface area (Å²) in [6.07, 6.45) is 5.72. The molecule has 10 nitrogen and oxygen atoms in total. The van der Waals surface area contributed by atoms with E-state index >= 15 is 0 Å². The minimum Gasteiger partial charge on any atom is -0.619 e. The predicted molar refractivity (Wildman–Crippen MR) is 160 cm³/mol. The van der Waals surface area contributed by atoms with Crippen molar-refractivity contribution >= 4 is 55.8 Å². The highest BCUT2D eigenvalue weighted by atomic mass is 35.5. The third-order valence-corrected chi connectivity index (χ3v) is 8.10. The highest BCUT2D eigenvalue weighted by molar-refractivity contribution is 7.92. The Kier molecular flexibility index (Phi) is 9.37. The molecule has 5 rings (SSSR count). The number of esters is 1. The van der Waals surface area contributed by atoms with Crippen molar-refractivity contribution < 1.29 is 40.9 Å². The zero-order chi connectivity index (χ0) is 31.6. The van der Waals surface area contributed by atoms with Crippen LogP contribution >= 0.6 is 23.2 Å². The zero-order valence-electron chi connectivity index (χ0n) is 23.2. The van der Waals surface area contributed by atoms with E-state index in [1.54, 1.807) is 35.0 Å². The molecule has 0 radical (unpaired) electrons. The van der Waals surface area contributed by atoms with E-state index in [2.05, 4.69) is 9.46 Å². The van der Waals surface area contributed by atoms with Crippen molar-refractivity contribution in [2.24, 2.45) is 5.92 Å². The van der Waals surface area contributed by atoms with Gasteiger partial charge in [0, 0.05) is 23.6 Å². The predicted octanol–water partition coefficient (Wildman–Crippen LogP) is 5.87. The fourth-order valence-corrected chi connectivity index (χ4v) is 5.82. The monoisotopic (exact) mass is 669 g/mol. The normalized spacial score (nSPS) is 14.0. The fourth-order valence-electron chi connectivity index (χ4n) is 4.65. The van der Waals surface area contributed by atoms with E-state index < -0.39 is 28.7 Å². The molecule has 1 fully saturated rings. The lowest BCUT2D eigenvalue weighted by molar-refractivity contribution is -0.605. The second kappa shape index (κ2) is 13.0. The number of nitrogens with one attached hydrogen (secondary N) is 1.